The Hall–Kier alpha value is -4.08. The fourth-order valence-corrected chi connectivity index (χ4v) is 6.76. The average molecular weight is 602 g/mol. The summed E-state index contributed by atoms with van der Waals surface area (Å²) < 4.78 is 43.1. The molecule has 1 atom stereocenters. The van der Waals surface area contributed by atoms with Gasteiger partial charge in [-0.3, -0.25) is 9.59 Å². The molecule has 0 unspecified atom stereocenters. The van der Waals surface area contributed by atoms with Gasteiger partial charge in [-0.05, 0) is 47.4 Å². The van der Waals surface area contributed by atoms with Crippen LogP contribution in [-0.2, 0) is 32.6 Å². The molecule has 5 rings (SSSR count). The van der Waals surface area contributed by atoms with E-state index >= 15 is 0 Å². The Bertz CT molecular complexity index is 1690. The first-order chi connectivity index (χ1) is 20.7. The molecule has 4 aromatic carbocycles. The Kier molecular flexibility index (Phi) is 9.52. The standard InChI is InChI=1S/C34H36FN3O4S/c1-37(43(41,42)30-20-19-26-13-5-6-14-27(26)22-30)24-33(39)38(23-28-15-7-10-18-31(28)35)32(21-25-11-3-2-4-12-25)34(40)36-29-16-8-9-17-29/h2-7,10-15,18-20,22,29,32H,8-9,16-17,21,23-24H2,1H3,(H,36,40)/t32-/m0/s1. The highest BCUT2D eigenvalue weighted by atomic mass is 32.2. The molecule has 224 valence electrons. The summed E-state index contributed by atoms with van der Waals surface area (Å²) in [5.74, 6) is -1.44. The zero-order chi connectivity index (χ0) is 30.4. The molecule has 0 saturated heterocycles. The molecule has 0 bridgehead atoms. The van der Waals surface area contributed by atoms with Crippen LogP contribution in [0, 0.1) is 5.82 Å². The maximum Gasteiger partial charge on any atom is 0.243 e. The lowest BCUT2D eigenvalue weighted by atomic mass is 10.0. The number of benzene rings is 4. The molecule has 1 aliphatic rings. The Labute approximate surface area is 252 Å². The van der Waals surface area contributed by atoms with E-state index in [1.807, 2.05) is 54.6 Å². The van der Waals surface area contributed by atoms with Gasteiger partial charge in [-0.2, -0.15) is 4.31 Å². The number of nitrogens with zero attached hydrogens (tertiary/aromatic N) is 2. The van der Waals surface area contributed by atoms with Crippen molar-refractivity contribution in [1.29, 1.82) is 0 Å². The van der Waals surface area contributed by atoms with Gasteiger partial charge in [0.2, 0.25) is 21.8 Å². The second-order valence-electron chi connectivity index (χ2n) is 11.1. The largest absolute Gasteiger partial charge is 0.352 e. The van der Waals surface area contributed by atoms with Crippen LogP contribution in [0.25, 0.3) is 10.8 Å². The van der Waals surface area contributed by atoms with Crippen molar-refractivity contribution in [2.24, 2.45) is 0 Å². The number of hydrogen-bond acceptors (Lipinski definition) is 4. The van der Waals surface area contributed by atoms with Crippen molar-refractivity contribution < 1.29 is 22.4 Å². The minimum atomic E-state index is -4.05. The van der Waals surface area contributed by atoms with E-state index in [1.165, 1.54) is 24.1 Å². The van der Waals surface area contributed by atoms with Gasteiger partial charge in [0.05, 0.1) is 11.4 Å². The van der Waals surface area contributed by atoms with Crippen molar-refractivity contribution in [3.8, 4) is 0 Å². The molecule has 0 aromatic heterocycles. The first kappa shape index (κ1) is 30.4. The number of carbonyl (C=O) groups is 2. The third-order valence-electron chi connectivity index (χ3n) is 8.06. The minimum absolute atomic E-state index is 0.00661. The van der Waals surface area contributed by atoms with Crippen LogP contribution in [0.5, 0.6) is 0 Å². The third kappa shape index (κ3) is 7.29. The predicted molar refractivity (Wildman–Crippen MR) is 165 cm³/mol. The summed E-state index contributed by atoms with van der Waals surface area (Å²) in [5.41, 5.74) is 1.07. The average Bonchev–Trinajstić information content (AvgIpc) is 3.53. The van der Waals surface area contributed by atoms with E-state index in [-0.39, 0.29) is 35.4 Å². The van der Waals surface area contributed by atoms with Gasteiger partial charge in [0.15, 0.2) is 0 Å². The molecule has 9 heteroatoms. The lowest BCUT2D eigenvalue weighted by Gasteiger charge is -2.33. The van der Waals surface area contributed by atoms with Crippen molar-refractivity contribution >= 4 is 32.6 Å². The quantitative estimate of drug-likeness (QED) is 0.253. The van der Waals surface area contributed by atoms with Crippen molar-refractivity contribution in [1.82, 2.24) is 14.5 Å². The molecule has 2 amide bonds. The molecule has 43 heavy (non-hydrogen) atoms. The summed E-state index contributed by atoms with van der Waals surface area (Å²) >= 11 is 0. The van der Waals surface area contributed by atoms with E-state index in [0.29, 0.717) is 0 Å². The lowest BCUT2D eigenvalue weighted by molar-refractivity contribution is -0.141. The van der Waals surface area contributed by atoms with Gasteiger partial charge in [0.1, 0.15) is 11.9 Å². The van der Waals surface area contributed by atoms with E-state index in [4.69, 9.17) is 0 Å². The second kappa shape index (κ2) is 13.5. The zero-order valence-electron chi connectivity index (χ0n) is 24.2. The van der Waals surface area contributed by atoms with Crippen molar-refractivity contribution in [2.45, 2.75) is 55.6 Å². The van der Waals surface area contributed by atoms with Gasteiger partial charge in [-0.15, -0.1) is 0 Å². The number of sulfonamides is 1. The molecule has 0 heterocycles. The van der Waals surface area contributed by atoms with E-state index < -0.39 is 34.3 Å². The highest BCUT2D eigenvalue weighted by molar-refractivity contribution is 7.89. The Balaban J connectivity index is 1.46. The molecule has 1 saturated carbocycles. The summed E-state index contributed by atoms with van der Waals surface area (Å²) in [6.07, 6.45) is 3.95. The molecular weight excluding hydrogens is 565 g/mol. The van der Waals surface area contributed by atoms with Crippen LogP contribution in [0.2, 0.25) is 0 Å². The van der Waals surface area contributed by atoms with Crippen LogP contribution in [0.3, 0.4) is 0 Å². The zero-order valence-corrected chi connectivity index (χ0v) is 25.0. The van der Waals surface area contributed by atoms with E-state index in [9.17, 15) is 22.4 Å². The highest BCUT2D eigenvalue weighted by Gasteiger charge is 2.34. The first-order valence-electron chi connectivity index (χ1n) is 14.5. The molecule has 1 N–H and O–H groups in total. The Morgan fingerprint density at radius 3 is 2.26 bits per heavy atom. The Morgan fingerprint density at radius 1 is 0.884 bits per heavy atom. The van der Waals surface area contributed by atoms with Crippen LogP contribution < -0.4 is 5.32 Å². The van der Waals surface area contributed by atoms with Crippen LogP contribution in [-0.4, -0.2) is 55.1 Å². The van der Waals surface area contributed by atoms with E-state index in [0.717, 1.165) is 46.3 Å². The fraction of sp³-hybridized carbons (Fsp3) is 0.294. The number of nitrogens with one attached hydrogen (secondary N) is 1. The summed E-state index contributed by atoms with van der Waals surface area (Å²) in [5, 5.41) is 4.76. The predicted octanol–water partition coefficient (Wildman–Crippen LogP) is 5.30. The summed E-state index contributed by atoms with van der Waals surface area (Å²) in [6.45, 7) is -0.712. The maximum absolute atomic E-state index is 14.9. The van der Waals surface area contributed by atoms with Gasteiger partial charge in [0, 0.05) is 31.6 Å². The summed E-state index contributed by atoms with van der Waals surface area (Å²) in [6, 6.07) is 26.7. The van der Waals surface area contributed by atoms with Gasteiger partial charge >= 0.3 is 0 Å². The fourth-order valence-electron chi connectivity index (χ4n) is 5.61. The van der Waals surface area contributed by atoms with Gasteiger partial charge in [-0.25, -0.2) is 12.8 Å². The van der Waals surface area contributed by atoms with Crippen LogP contribution in [0.4, 0.5) is 4.39 Å². The number of likely N-dealkylation sites (N-methyl/N-ethyl adjacent to an activating group) is 1. The van der Waals surface area contributed by atoms with E-state index in [2.05, 4.69) is 5.32 Å². The summed E-state index contributed by atoms with van der Waals surface area (Å²) in [7, 11) is -2.71. The monoisotopic (exact) mass is 601 g/mol. The smallest absolute Gasteiger partial charge is 0.243 e. The van der Waals surface area contributed by atoms with Gasteiger partial charge in [0.25, 0.3) is 0 Å². The third-order valence-corrected chi connectivity index (χ3v) is 9.86. The molecule has 1 fully saturated rings. The number of halogens is 1. The number of hydrogen-bond donors (Lipinski definition) is 1. The van der Waals surface area contributed by atoms with Crippen LogP contribution in [0.15, 0.2) is 102 Å². The molecule has 4 aromatic rings. The van der Waals surface area contributed by atoms with E-state index in [1.54, 1.807) is 30.3 Å². The first-order valence-corrected chi connectivity index (χ1v) is 16.0. The number of rotatable bonds is 11. The number of carbonyl (C=O) groups excluding carboxylic acids is 2. The molecule has 0 radical (unpaired) electrons. The second-order valence-corrected chi connectivity index (χ2v) is 13.1. The minimum Gasteiger partial charge on any atom is -0.352 e. The van der Waals surface area contributed by atoms with Gasteiger partial charge < -0.3 is 10.2 Å². The normalized spacial score (nSPS) is 14.6. The van der Waals surface area contributed by atoms with Crippen LogP contribution >= 0.6 is 0 Å². The van der Waals surface area contributed by atoms with Crippen LogP contribution in [0.1, 0.15) is 36.8 Å². The van der Waals surface area contributed by atoms with Crippen molar-refractivity contribution in [3.63, 3.8) is 0 Å². The molecule has 1 aliphatic carbocycles. The van der Waals surface area contributed by atoms with Crippen molar-refractivity contribution in [3.05, 3.63) is 114 Å². The Morgan fingerprint density at radius 2 is 1.53 bits per heavy atom. The SMILES string of the molecule is CN(CC(=O)N(Cc1ccccc1F)[C@@H](Cc1ccccc1)C(=O)NC1CCCC1)S(=O)(=O)c1ccc2ccccc2c1. The van der Waals surface area contributed by atoms with Crippen molar-refractivity contribution in [2.75, 3.05) is 13.6 Å². The lowest BCUT2D eigenvalue weighted by Crippen LogP contribution is -2.54. The topological polar surface area (TPSA) is 86.8 Å². The number of fused-ring (bicyclic) bond motifs is 1. The highest BCUT2D eigenvalue weighted by Crippen LogP contribution is 2.23. The molecular formula is C34H36FN3O4S. The maximum atomic E-state index is 14.9. The summed E-state index contributed by atoms with van der Waals surface area (Å²) in [4.78, 5) is 29.3. The number of amides is 2. The molecule has 7 nitrogen and oxygen atoms in total. The van der Waals surface area contributed by atoms with Gasteiger partial charge in [-0.1, -0.05) is 91.7 Å². The molecule has 0 spiro atoms. The molecule has 0 aliphatic heterocycles.